The number of nitrogens with one attached hydrogen (secondary N) is 1. The van der Waals surface area contributed by atoms with Crippen molar-refractivity contribution in [2.75, 3.05) is 6.54 Å². The van der Waals surface area contributed by atoms with Gasteiger partial charge < -0.3 is 5.32 Å². The van der Waals surface area contributed by atoms with Crippen molar-refractivity contribution in [2.24, 2.45) is 0 Å². The van der Waals surface area contributed by atoms with Crippen molar-refractivity contribution in [3.05, 3.63) is 30.1 Å². The highest BCUT2D eigenvalue weighted by atomic mass is 15.4. The summed E-state index contributed by atoms with van der Waals surface area (Å²) in [6.07, 6.45) is 6.88. The lowest BCUT2D eigenvalue weighted by Crippen LogP contribution is -2.39. The normalized spacial score (nSPS) is 18.5. The van der Waals surface area contributed by atoms with E-state index in [2.05, 4.69) is 32.1 Å². The van der Waals surface area contributed by atoms with Gasteiger partial charge in [-0.15, -0.1) is 0 Å². The molecule has 0 bridgehead atoms. The van der Waals surface area contributed by atoms with E-state index in [4.69, 9.17) is 0 Å². The van der Waals surface area contributed by atoms with Gasteiger partial charge in [0, 0.05) is 37.8 Å². The lowest BCUT2D eigenvalue weighted by atomic mass is 10.1. The number of aromatic nitrogens is 5. The van der Waals surface area contributed by atoms with Gasteiger partial charge in [-0.2, -0.15) is 10.2 Å². The maximum Gasteiger partial charge on any atom is 0.150 e. The summed E-state index contributed by atoms with van der Waals surface area (Å²) in [5, 5.41) is 12.3. The Balaban J connectivity index is 1.51. The van der Waals surface area contributed by atoms with Crippen LogP contribution in [0.3, 0.4) is 0 Å². The van der Waals surface area contributed by atoms with Crippen LogP contribution < -0.4 is 5.32 Å². The molecule has 0 saturated carbocycles. The molecule has 2 aromatic rings. The third-order valence-corrected chi connectivity index (χ3v) is 3.55. The molecule has 102 valence electrons. The Morgan fingerprint density at radius 2 is 2.42 bits per heavy atom. The molecule has 1 aliphatic rings. The standard InChI is InChI=1S/C13H20N6/c1-2-12-16-13-5-4-11(10-19(13)17-12)14-7-9-18-8-3-6-15-18/h3,6,8,11,14H,2,4-5,7,9-10H2,1H3. The third kappa shape index (κ3) is 2.84. The molecule has 1 N–H and O–H groups in total. The van der Waals surface area contributed by atoms with Crippen LogP contribution in [0.5, 0.6) is 0 Å². The summed E-state index contributed by atoms with van der Waals surface area (Å²) in [4.78, 5) is 4.53. The molecular weight excluding hydrogens is 240 g/mol. The Morgan fingerprint density at radius 1 is 1.47 bits per heavy atom. The van der Waals surface area contributed by atoms with E-state index in [1.165, 1.54) is 0 Å². The van der Waals surface area contributed by atoms with Crippen LogP contribution in [0, 0.1) is 0 Å². The van der Waals surface area contributed by atoms with Crippen LogP contribution >= 0.6 is 0 Å². The van der Waals surface area contributed by atoms with Crippen LogP contribution in [0.4, 0.5) is 0 Å². The van der Waals surface area contributed by atoms with Crippen LogP contribution in [0.15, 0.2) is 18.5 Å². The number of nitrogens with zero attached hydrogens (tertiary/aromatic N) is 5. The smallest absolute Gasteiger partial charge is 0.150 e. The third-order valence-electron chi connectivity index (χ3n) is 3.55. The lowest BCUT2D eigenvalue weighted by molar-refractivity contribution is 0.351. The number of fused-ring (bicyclic) bond motifs is 1. The van der Waals surface area contributed by atoms with Crippen LogP contribution in [-0.2, 0) is 25.9 Å². The van der Waals surface area contributed by atoms with E-state index in [0.29, 0.717) is 6.04 Å². The number of aryl methyl sites for hydroxylation is 2. The first-order valence-corrected chi connectivity index (χ1v) is 6.98. The van der Waals surface area contributed by atoms with Crippen molar-refractivity contribution in [1.82, 2.24) is 29.9 Å². The monoisotopic (exact) mass is 260 g/mol. The summed E-state index contributed by atoms with van der Waals surface area (Å²) >= 11 is 0. The average molecular weight is 260 g/mol. The summed E-state index contributed by atoms with van der Waals surface area (Å²) in [5.41, 5.74) is 0. The Bertz CT molecular complexity index is 515. The van der Waals surface area contributed by atoms with Crippen molar-refractivity contribution in [3.63, 3.8) is 0 Å². The Kier molecular flexibility index (Phi) is 3.59. The fourth-order valence-electron chi connectivity index (χ4n) is 2.49. The van der Waals surface area contributed by atoms with E-state index < -0.39 is 0 Å². The quantitative estimate of drug-likeness (QED) is 0.857. The molecule has 0 spiro atoms. The molecule has 0 aromatic carbocycles. The van der Waals surface area contributed by atoms with Crippen molar-refractivity contribution < 1.29 is 0 Å². The van der Waals surface area contributed by atoms with Gasteiger partial charge in [-0.25, -0.2) is 9.67 Å². The second-order valence-electron chi connectivity index (χ2n) is 4.94. The molecule has 19 heavy (non-hydrogen) atoms. The van der Waals surface area contributed by atoms with E-state index in [0.717, 1.165) is 50.5 Å². The summed E-state index contributed by atoms with van der Waals surface area (Å²) in [5.74, 6) is 2.11. The van der Waals surface area contributed by atoms with Gasteiger partial charge in [0.25, 0.3) is 0 Å². The fraction of sp³-hybridized carbons (Fsp3) is 0.615. The van der Waals surface area contributed by atoms with Gasteiger partial charge in [-0.1, -0.05) is 6.92 Å². The zero-order chi connectivity index (χ0) is 13.1. The summed E-state index contributed by atoms with van der Waals surface area (Å²) < 4.78 is 4.01. The van der Waals surface area contributed by atoms with Gasteiger partial charge in [0.1, 0.15) is 5.82 Å². The number of hydrogen-bond acceptors (Lipinski definition) is 4. The van der Waals surface area contributed by atoms with Gasteiger partial charge in [0.15, 0.2) is 5.82 Å². The molecule has 3 heterocycles. The molecular formula is C13H20N6. The van der Waals surface area contributed by atoms with E-state index in [-0.39, 0.29) is 0 Å². The predicted octanol–water partition coefficient (Wildman–Crippen LogP) is 0.642. The zero-order valence-corrected chi connectivity index (χ0v) is 11.3. The van der Waals surface area contributed by atoms with Crippen LogP contribution in [-0.4, -0.2) is 37.1 Å². The van der Waals surface area contributed by atoms with E-state index in [1.807, 2.05) is 23.1 Å². The number of rotatable bonds is 5. The van der Waals surface area contributed by atoms with Crippen LogP contribution in [0.1, 0.15) is 25.0 Å². The highest BCUT2D eigenvalue weighted by molar-refractivity contribution is 4.98. The molecule has 2 aromatic heterocycles. The molecule has 3 rings (SSSR count). The maximum atomic E-state index is 4.53. The Hall–Kier alpha value is -1.69. The first-order chi connectivity index (χ1) is 9.35. The van der Waals surface area contributed by atoms with Gasteiger partial charge in [-0.05, 0) is 12.5 Å². The molecule has 0 aliphatic carbocycles. The molecule has 0 amide bonds. The van der Waals surface area contributed by atoms with Crippen molar-refractivity contribution in [1.29, 1.82) is 0 Å². The van der Waals surface area contributed by atoms with Gasteiger partial charge in [0.05, 0.1) is 13.1 Å². The van der Waals surface area contributed by atoms with Crippen molar-refractivity contribution >= 4 is 0 Å². The first-order valence-electron chi connectivity index (χ1n) is 6.98. The van der Waals surface area contributed by atoms with Crippen molar-refractivity contribution in [3.8, 4) is 0 Å². The van der Waals surface area contributed by atoms with Gasteiger partial charge in [0.2, 0.25) is 0 Å². The highest BCUT2D eigenvalue weighted by Crippen LogP contribution is 2.13. The molecule has 1 aliphatic heterocycles. The molecule has 1 unspecified atom stereocenters. The van der Waals surface area contributed by atoms with Gasteiger partial charge in [-0.3, -0.25) is 4.68 Å². The average Bonchev–Trinajstić information content (AvgIpc) is 3.06. The molecule has 6 heteroatoms. The van der Waals surface area contributed by atoms with Crippen LogP contribution in [0.25, 0.3) is 0 Å². The minimum Gasteiger partial charge on any atom is -0.310 e. The lowest BCUT2D eigenvalue weighted by Gasteiger charge is -2.23. The highest BCUT2D eigenvalue weighted by Gasteiger charge is 2.20. The van der Waals surface area contributed by atoms with E-state index in [9.17, 15) is 0 Å². The predicted molar refractivity (Wildman–Crippen MR) is 71.7 cm³/mol. The SMILES string of the molecule is CCc1nc2n(n1)CC(NCCn1cccn1)CC2. The van der Waals surface area contributed by atoms with E-state index >= 15 is 0 Å². The minimum atomic E-state index is 0.495. The Labute approximate surface area is 112 Å². The van der Waals surface area contributed by atoms with Crippen LogP contribution in [0.2, 0.25) is 0 Å². The molecule has 0 saturated heterocycles. The second kappa shape index (κ2) is 5.52. The summed E-state index contributed by atoms with van der Waals surface area (Å²) in [6.45, 7) is 4.88. The zero-order valence-electron chi connectivity index (χ0n) is 11.3. The van der Waals surface area contributed by atoms with Crippen molar-refractivity contribution in [2.45, 2.75) is 45.3 Å². The largest absolute Gasteiger partial charge is 0.310 e. The Morgan fingerprint density at radius 3 is 3.21 bits per heavy atom. The maximum absolute atomic E-state index is 4.53. The number of hydrogen-bond donors (Lipinski definition) is 1. The molecule has 6 nitrogen and oxygen atoms in total. The molecule has 1 atom stereocenters. The molecule has 0 radical (unpaired) electrons. The fourth-order valence-corrected chi connectivity index (χ4v) is 2.49. The summed E-state index contributed by atoms with van der Waals surface area (Å²) in [6, 6.07) is 2.45. The topological polar surface area (TPSA) is 60.6 Å². The minimum absolute atomic E-state index is 0.495. The summed E-state index contributed by atoms with van der Waals surface area (Å²) in [7, 11) is 0. The first kappa shape index (κ1) is 12.3. The molecule has 0 fully saturated rings. The van der Waals surface area contributed by atoms with Gasteiger partial charge >= 0.3 is 0 Å². The van der Waals surface area contributed by atoms with E-state index in [1.54, 1.807) is 0 Å². The second-order valence-corrected chi connectivity index (χ2v) is 4.94.